The third kappa shape index (κ3) is 3.33. The molecule has 3 heterocycles. The highest BCUT2D eigenvalue weighted by Gasteiger charge is 2.50. The van der Waals surface area contributed by atoms with Gasteiger partial charge in [-0.15, -0.1) is 0 Å². The van der Waals surface area contributed by atoms with Crippen LogP contribution in [0.1, 0.15) is 24.3 Å². The van der Waals surface area contributed by atoms with Gasteiger partial charge in [-0.25, -0.2) is 0 Å². The molecule has 1 aromatic carbocycles. The lowest BCUT2D eigenvalue weighted by Crippen LogP contribution is -2.65. The molecular formula is C20H25N3O5. The van der Waals surface area contributed by atoms with Gasteiger partial charge < -0.3 is 23.8 Å². The lowest BCUT2D eigenvalue weighted by molar-refractivity contribution is -0.301. The number of carbonyl (C=O) groups excluding carboxylic acids is 1. The number of benzene rings is 1. The summed E-state index contributed by atoms with van der Waals surface area (Å²) in [6.45, 7) is 6.22. The third-order valence-electron chi connectivity index (χ3n) is 5.28. The largest absolute Gasteiger partial charge is 0.497 e. The molecule has 8 heteroatoms. The van der Waals surface area contributed by atoms with E-state index in [0.717, 1.165) is 5.56 Å². The van der Waals surface area contributed by atoms with E-state index >= 15 is 0 Å². The Hall–Kier alpha value is -2.58. The topological polar surface area (TPSA) is 85.9 Å². The molecule has 28 heavy (non-hydrogen) atoms. The van der Waals surface area contributed by atoms with Crippen LogP contribution in [0, 0.1) is 5.41 Å². The number of hydrogen-bond acceptors (Lipinski definition) is 6. The van der Waals surface area contributed by atoms with Crippen LogP contribution in [0.5, 0.6) is 11.5 Å². The SMILES string of the molecule is COc1ccc(OC)c(-c2cc(C(=O)N3CC4(COC(C)(C)OC4)C3)[nH]n2)c1. The van der Waals surface area contributed by atoms with Crippen molar-refractivity contribution in [2.75, 3.05) is 40.5 Å². The fourth-order valence-corrected chi connectivity index (χ4v) is 3.58. The zero-order chi connectivity index (χ0) is 19.9. The van der Waals surface area contributed by atoms with Crippen molar-refractivity contribution in [1.29, 1.82) is 0 Å². The molecule has 2 aliphatic rings. The van der Waals surface area contributed by atoms with E-state index in [0.29, 0.717) is 49.2 Å². The van der Waals surface area contributed by atoms with Gasteiger partial charge in [-0.3, -0.25) is 9.89 Å². The fraction of sp³-hybridized carbons (Fsp3) is 0.500. The van der Waals surface area contributed by atoms with E-state index in [-0.39, 0.29) is 11.3 Å². The number of nitrogens with one attached hydrogen (secondary N) is 1. The zero-order valence-corrected chi connectivity index (χ0v) is 16.6. The lowest BCUT2D eigenvalue weighted by Gasteiger charge is -2.53. The Bertz CT molecular complexity index is 874. The van der Waals surface area contributed by atoms with Crippen LogP contribution in [0.15, 0.2) is 24.3 Å². The minimum Gasteiger partial charge on any atom is -0.497 e. The fourth-order valence-electron chi connectivity index (χ4n) is 3.58. The molecule has 1 spiro atoms. The summed E-state index contributed by atoms with van der Waals surface area (Å²) < 4.78 is 22.2. The number of nitrogens with zero attached hydrogens (tertiary/aromatic N) is 2. The van der Waals surface area contributed by atoms with E-state index in [9.17, 15) is 4.79 Å². The first-order valence-corrected chi connectivity index (χ1v) is 9.20. The highest BCUT2D eigenvalue weighted by atomic mass is 16.7. The Morgan fingerprint density at radius 2 is 1.86 bits per heavy atom. The molecule has 1 N–H and O–H groups in total. The molecule has 0 atom stereocenters. The van der Waals surface area contributed by atoms with Crippen molar-refractivity contribution >= 4 is 5.91 Å². The van der Waals surface area contributed by atoms with Crippen LogP contribution in [0.4, 0.5) is 0 Å². The van der Waals surface area contributed by atoms with Crippen molar-refractivity contribution in [3.63, 3.8) is 0 Å². The van der Waals surface area contributed by atoms with Gasteiger partial charge in [0.1, 0.15) is 17.2 Å². The van der Waals surface area contributed by atoms with Crippen LogP contribution in [-0.4, -0.2) is 67.3 Å². The van der Waals surface area contributed by atoms with Gasteiger partial charge in [-0.05, 0) is 38.1 Å². The van der Waals surface area contributed by atoms with E-state index in [4.69, 9.17) is 18.9 Å². The van der Waals surface area contributed by atoms with Crippen molar-refractivity contribution in [2.45, 2.75) is 19.6 Å². The molecule has 2 aromatic rings. The highest BCUT2D eigenvalue weighted by Crippen LogP contribution is 2.38. The maximum atomic E-state index is 12.8. The molecule has 2 aliphatic heterocycles. The highest BCUT2D eigenvalue weighted by molar-refractivity contribution is 5.94. The number of methoxy groups -OCH3 is 2. The normalized spacial score (nSPS) is 19.9. The van der Waals surface area contributed by atoms with Crippen LogP contribution in [0.2, 0.25) is 0 Å². The second-order valence-electron chi connectivity index (χ2n) is 7.87. The number of aromatic amines is 1. The average molecular weight is 387 g/mol. The van der Waals surface area contributed by atoms with Crippen LogP contribution in [0.25, 0.3) is 11.3 Å². The van der Waals surface area contributed by atoms with Crippen LogP contribution in [-0.2, 0) is 9.47 Å². The number of carbonyl (C=O) groups is 1. The number of amides is 1. The Morgan fingerprint density at radius 3 is 2.50 bits per heavy atom. The minimum absolute atomic E-state index is 0.0870. The van der Waals surface area contributed by atoms with Crippen LogP contribution in [0.3, 0.4) is 0 Å². The number of ether oxygens (including phenoxy) is 4. The standard InChI is InChI=1S/C20H25N3O5/c1-19(2)27-11-20(12-28-19)9-23(10-20)18(24)16-8-15(21-22-16)14-7-13(25-3)5-6-17(14)26-4/h5-8H,9-12H2,1-4H3,(H,21,22). The number of likely N-dealkylation sites (tertiary alicyclic amines) is 1. The minimum atomic E-state index is -0.552. The van der Waals surface area contributed by atoms with Gasteiger partial charge in [-0.2, -0.15) is 5.10 Å². The summed E-state index contributed by atoms with van der Waals surface area (Å²) in [5.41, 5.74) is 1.71. The molecule has 8 nitrogen and oxygen atoms in total. The van der Waals surface area contributed by atoms with E-state index in [1.807, 2.05) is 32.0 Å². The Morgan fingerprint density at radius 1 is 1.14 bits per heavy atom. The number of rotatable bonds is 4. The molecule has 0 unspecified atom stereocenters. The molecule has 150 valence electrons. The third-order valence-corrected chi connectivity index (χ3v) is 5.28. The summed E-state index contributed by atoms with van der Waals surface area (Å²) in [7, 11) is 3.20. The van der Waals surface area contributed by atoms with Crippen molar-refractivity contribution in [3.05, 3.63) is 30.0 Å². The van der Waals surface area contributed by atoms with Crippen LogP contribution >= 0.6 is 0 Å². The molecule has 0 aliphatic carbocycles. The van der Waals surface area contributed by atoms with Gasteiger partial charge in [0.2, 0.25) is 0 Å². The molecule has 0 saturated carbocycles. The molecular weight excluding hydrogens is 362 g/mol. The van der Waals surface area contributed by atoms with Gasteiger partial charge in [0.05, 0.1) is 38.5 Å². The van der Waals surface area contributed by atoms with E-state index < -0.39 is 5.79 Å². The lowest BCUT2D eigenvalue weighted by atomic mass is 9.80. The quantitative estimate of drug-likeness (QED) is 0.867. The number of hydrogen-bond donors (Lipinski definition) is 1. The summed E-state index contributed by atoms with van der Waals surface area (Å²) in [5.74, 6) is 0.713. The van der Waals surface area contributed by atoms with Crippen LogP contribution < -0.4 is 9.47 Å². The summed E-state index contributed by atoms with van der Waals surface area (Å²) in [6, 6.07) is 7.20. The van der Waals surface area contributed by atoms with Gasteiger partial charge in [0.25, 0.3) is 5.91 Å². The summed E-state index contributed by atoms with van der Waals surface area (Å²) in [6.07, 6.45) is 0. The smallest absolute Gasteiger partial charge is 0.271 e. The van der Waals surface area contributed by atoms with E-state index in [1.54, 1.807) is 25.2 Å². The maximum absolute atomic E-state index is 12.8. The summed E-state index contributed by atoms with van der Waals surface area (Å²) >= 11 is 0. The first kappa shape index (κ1) is 18.8. The second kappa shape index (κ2) is 6.79. The molecule has 1 amide bonds. The van der Waals surface area contributed by atoms with Crippen molar-refractivity contribution < 1.29 is 23.7 Å². The molecule has 4 rings (SSSR count). The van der Waals surface area contributed by atoms with Gasteiger partial charge in [-0.1, -0.05) is 0 Å². The van der Waals surface area contributed by atoms with Gasteiger partial charge in [0.15, 0.2) is 5.79 Å². The average Bonchev–Trinajstić information content (AvgIpc) is 3.15. The van der Waals surface area contributed by atoms with Crippen molar-refractivity contribution in [2.24, 2.45) is 5.41 Å². The first-order valence-electron chi connectivity index (χ1n) is 9.20. The maximum Gasteiger partial charge on any atom is 0.271 e. The zero-order valence-electron chi connectivity index (χ0n) is 16.6. The van der Waals surface area contributed by atoms with Gasteiger partial charge >= 0.3 is 0 Å². The molecule has 2 fully saturated rings. The Labute approximate surface area is 163 Å². The Kier molecular flexibility index (Phi) is 4.55. The van der Waals surface area contributed by atoms with E-state index in [1.165, 1.54) is 0 Å². The Balaban J connectivity index is 1.46. The molecule has 2 saturated heterocycles. The van der Waals surface area contributed by atoms with Crippen molar-refractivity contribution in [1.82, 2.24) is 15.1 Å². The monoisotopic (exact) mass is 387 g/mol. The predicted molar refractivity (Wildman–Crippen MR) is 101 cm³/mol. The predicted octanol–water partition coefficient (Wildman–Crippen LogP) is 2.32. The second-order valence-corrected chi connectivity index (χ2v) is 7.87. The molecule has 0 radical (unpaired) electrons. The summed E-state index contributed by atoms with van der Waals surface area (Å²) in [4.78, 5) is 14.6. The summed E-state index contributed by atoms with van der Waals surface area (Å²) in [5, 5.41) is 7.14. The number of H-pyrrole nitrogens is 1. The van der Waals surface area contributed by atoms with Crippen molar-refractivity contribution in [3.8, 4) is 22.8 Å². The molecule has 0 bridgehead atoms. The number of aromatic nitrogens is 2. The molecule has 1 aromatic heterocycles. The van der Waals surface area contributed by atoms with E-state index in [2.05, 4.69) is 10.2 Å². The first-order chi connectivity index (χ1) is 13.3. The van der Waals surface area contributed by atoms with Gasteiger partial charge in [0, 0.05) is 18.7 Å².